The van der Waals surface area contributed by atoms with Gasteiger partial charge in [-0.3, -0.25) is 4.79 Å². The summed E-state index contributed by atoms with van der Waals surface area (Å²) in [6.45, 7) is 4.51. The molecule has 3 nitrogen and oxygen atoms in total. The fourth-order valence-electron chi connectivity index (χ4n) is 2.97. The maximum Gasteiger partial charge on any atom is 0.231 e. The van der Waals surface area contributed by atoms with E-state index in [-0.39, 0.29) is 29.6 Å². The molecule has 0 spiro atoms. The quantitative estimate of drug-likeness (QED) is 0.912. The summed E-state index contributed by atoms with van der Waals surface area (Å²) in [7, 11) is 0. The van der Waals surface area contributed by atoms with Crippen LogP contribution in [0.1, 0.15) is 24.8 Å². The van der Waals surface area contributed by atoms with Crippen LogP contribution in [0.2, 0.25) is 0 Å². The van der Waals surface area contributed by atoms with Gasteiger partial charge < -0.3 is 10.6 Å². The van der Waals surface area contributed by atoms with E-state index in [2.05, 4.69) is 19.1 Å². The highest BCUT2D eigenvalue weighted by molar-refractivity contribution is 7.99. The van der Waals surface area contributed by atoms with E-state index in [1.165, 1.54) is 10.5 Å². The molecule has 0 radical (unpaired) electrons. The fourth-order valence-corrected chi connectivity index (χ4v) is 4.19. The van der Waals surface area contributed by atoms with Gasteiger partial charge in [-0.1, -0.05) is 25.1 Å². The summed E-state index contributed by atoms with van der Waals surface area (Å²) in [5, 5.41) is 0. The molecule has 2 heterocycles. The number of carbonyl (C=O) groups is 1. The van der Waals surface area contributed by atoms with Crippen LogP contribution in [0.25, 0.3) is 0 Å². The van der Waals surface area contributed by atoms with Crippen molar-refractivity contribution in [3.63, 3.8) is 0 Å². The second kappa shape index (κ2) is 5.96. The highest BCUT2D eigenvalue weighted by Crippen LogP contribution is 2.41. The molecule has 2 aliphatic rings. The Kier molecular flexibility index (Phi) is 4.67. The van der Waals surface area contributed by atoms with Crippen molar-refractivity contribution in [3.05, 3.63) is 29.8 Å². The molecule has 20 heavy (non-hydrogen) atoms. The van der Waals surface area contributed by atoms with Gasteiger partial charge in [-0.25, -0.2) is 0 Å². The van der Waals surface area contributed by atoms with E-state index >= 15 is 0 Å². The van der Waals surface area contributed by atoms with Crippen molar-refractivity contribution < 1.29 is 4.79 Å². The average Bonchev–Trinajstić information content (AvgIpc) is 3.03. The number of likely N-dealkylation sites (tertiary alicyclic amines) is 1. The van der Waals surface area contributed by atoms with Gasteiger partial charge in [0.2, 0.25) is 5.91 Å². The molecule has 0 bridgehead atoms. The molecule has 2 atom stereocenters. The van der Waals surface area contributed by atoms with E-state index in [0.29, 0.717) is 6.54 Å². The van der Waals surface area contributed by atoms with Crippen LogP contribution < -0.4 is 5.73 Å². The van der Waals surface area contributed by atoms with Crippen LogP contribution in [0.15, 0.2) is 29.2 Å². The number of amides is 1. The second-order valence-electron chi connectivity index (χ2n) is 5.93. The largest absolute Gasteiger partial charge is 0.342 e. The lowest BCUT2D eigenvalue weighted by Gasteiger charge is -2.24. The van der Waals surface area contributed by atoms with Crippen molar-refractivity contribution in [2.45, 2.75) is 24.2 Å². The van der Waals surface area contributed by atoms with Gasteiger partial charge in [0, 0.05) is 23.7 Å². The molecule has 3 rings (SSSR count). The summed E-state index contributed by atoms with van der Waals surface area (Å²) in [5.74, 6) is 1.21. The number of rotatable bonds is 2. The molecule has 1 aromatic carbocycles. The van der Waals surface area contributed by atoms with Gasteiger partial charge in [0.05, 0.1) is 5.92 Å². The monoisotopic (exact) mass is 312 g/mol. The number of hydrogen-bond donors (Lipinski definition) is 1. The predicted molar refractivity (Wildman–Crippen MR) is 85.5 cm³/mol. The molecule has 2 N–H and O–H groups in total. The van der Waals surface area contributed by atoms with Gasteiger partial charge in [0.15, 0.2) is 0 Å². The zero-order valence-corrected chi connectivity index (χ0v) is 13.3. The zero-order valence-electron chi connectivity index (χ0n) is 11.7. The SMILES string of the molecule is CC1(CN)CCN(C(=O)C2CSc3ccccc32)C1.Cl. The fraction of sp³-hybridized carbons (Fsp3) is 0.533. The average molecular weight is 313 g/mol. The van der Waals surface area contributed by atoms with Crippen molar-refractivity contribution >= 4 is 30.1 Å². The van der Waals surface area contributed by atoms with Gasteiger partial charge >= 0.3 is 0 Å². The Bertz CT molecular complexity index is 510. The van der Waals surface area contributed by atoms with Crippen molar-refractivity contribution in [2.75, 3.05) is 25.4 Å². The standard InChI is InChI=1S/C15H20N2OS.ClH/c1-15(9-16)6-7-17(10-15)14(18)12-8-19-13-5-3-2-4-11(12)13;/h2-5,12H,6-10,16H2,1H3;1H. The lowest BCUT2D eigenvalue weighted by atomic mass is 9.90. The first-order valence-electron chi connectivity index (χ1n) is 6.83. The Balaban J connectivity index is 0.00000147. The predicted octanol–water partition coefficient (Wildman–Crippen LogP) is 2.50. The Morgan fingerprint density at radius 3 is 2.95 bits per heavy atom. The molecule has 0 saturated carbocycles. The Morgan fingerprint density at radius 1 is 1.50 bits per heavy atom. The van der Waals surface area contributed by atoms with Gasteiger partial charge in [0.1, 0.15) is 0 Å². The highest BCUT2D eigenvalue weighted by atomic mass is 35.5. The normalized spacial score (nSPS) is 28.1. The second-order valence-corrected chi connectivity index (χ2v) is 6.99. The van der Waals surface area contributed by atoms with E-state index in [0.717, 1.165) is 25.3 Å². The third kappa shape index (κ3) is 2.69. The summed E-state index contributed by atoms with van der Waals surface area (Å²) in [5.41, 5.74) is 7.14. The van der Waals surface area contributed by atoms with Gasteiger partial charge in [-0.2, -0.15) is 0 Å². The minimum atomic E-state index is 0. The maximum atomic E-state index is 12.7. The topological polar surface area (TPSA) is 46.3 Å². The molecule has 1 fully saturated rings. The zero-order chi connectivity index (χ0) is 13.5. The lowest BCUT2D eigenvalue weighted by Crippen LogP contribution is -2.37. The first-order valence-corrected chi connectivity index (χ1v) is 7.82. The molecule has 2 unspecified atom stereocenters. The molecule has 2 aliphatic heterocycles. The van der Waals surface area contributed by atoms with Crippen molar-refractivity contribution in [1.29, 1.82) is 0 Å². The summed E-state index contributed by atoms with van der Waals surface area (Å²) in [6.07, 6.45) is 1.02. The summed E-state index contributed by atoms with van der Waals surface area (Å²) >= 11 is 1.80. The van der Waals surface area contributed by atoms with Crippen molar-refractivity contribution in [2.24, 2.45) is 11.1 Å². The van der Waals surface area contributed by atoms with Crippen LogP contribution in [-0.2, 0) is 4.79 Å². The van der Waals surface area contributed by atoms with Gasteiger partial charge in [-0.15, -0.1) is 24.2 Å². The number of halogens is 1. The molecule has 0 aromatic heterocycles. The molecule has 110 valence electrons. The Hall–Kier alpha value is -0.710. The third-order valence-electron chi connectivity index (χ3n) is 4.36. The molecule has 1 saturated heterocycles. The van der Waals surface area contributed by atoms with E-state index in [4.69, 9.17) is 5.73 Å². The van der Waals surface area contributed by atoms with E-state index in [1.54, 1.807) is 11.8 Å². The van der Waals surface area contributed by atoms with Crippen molar-refractivity contribution in [1.82, 2.24) is 4.90 Å². The first-order chi connectivity index (χ1) is 9.13. The van der Waals surface area contributed by atoms with Crippen LogP contribution in [0.4, 0.5) is 0 Å². The smallest absolute Gasteiger partial charge is 0.231 e. The molecular formula is C15H21ClN2OS. The number of fused-ring (bicyclic) bond motifs is 1. The third-order valence-corrected chi connectivity index (χ3v) is 5.54. The number of nitrogens with two attached hydrogens (primary N) is 1. The minimum Gasteiger partial charge on any atom is -0.342 e. The molecule has 1 amide bonds. The number of nitrogens with zero attached hydrogens (tertiary/aromatic N) is 1. The molecule has 1 aromatic rings. The summed E-state index contributed by atoms with van der Waals surface area (Å²) < 4.78 is 0. The van der Waals surface area contributed by atoms with Crippen LogP contribution in [0.3, 0.4) is 0 Å². The van der Waals surface area contributed by atoms with Crippen LogP contribution in [0, 0.1) is 5.41 Å². The van der Waals surface area contributed by atoms with Gasteiger partial charge in [0.25, 0.3) is 0 Å². The maximum absolute atomic E-state index is 12.7. The van der Waals surface area contributed by atoms with Crippen LogP contribution in [0.5, 0.6) is 0 Å². The Morgan fingerprint density at radius 2 is 2.25 bits per heavy atom. The van der Waals surface area contributed by atoms with E-state index in [1.807, 2.05) is 17.0 Å². The van der Waals surface area contributed by atoms with E-state index in [9.17, 15) is 4.79 Å². The van der Waals surface area contributed by atoms with E-state index < -0.39 is 0 Å². The number of hydrogen-bond acceptors (Lipinski definition) is 3. The highest BCUT2D eigenvalue weighted by Gasteiger charge is 2.39. The Labute approximate surface area is 130 Å². The van der Waals surface area contributed by atoms with Crippen molar-refractivity contribution in [3.8, 4) is 0 Å². The summed E-state index contributed by atoms with van der Waals surface area (Å²) in [4.78, 5) is 16.0. The van der Waals surface area contributed by atoms with Crippen LogP contribution >= 0.6 is 24.2 Å². The van der Waals surface area contributed by atoms with Crippen LogP contribution in [-0.4, -0.2) is 36.2 Å². The molecule has 5 heteroatoms. The number of benzene rings is 1. The molecular weight excluding hydrogens is 292 g/mol. The summed E-state index contributed by atoms with van der Waals surface area (Å²) in [6, 6.07) is 8.27. The first kappa shape index (κ1) is 15.7. The van der Waals surface area contributed by atoms with Gasteiger partial charge in [-0.05, 0) is 30.0 Å². The lowest BCUT2D eigenvalue weighted by molar-refractivity contribution is -0.131. The minimum absolute atomic E-state index is 0. The number of thioether (sulfide) groups is 1. The number of carbonyl (C=O) groups excluding carboxylic acids is 1. The molecule has 0 aliphatic carbocycles.